The van der Waals surface area contributed by atoms with Crippen LogP contribution in [-0.4, -0.2) is 25.4 Å². The Morgan fingerprint density at radius 3 is 2.39 bits per heavy atom. The second-order valence-corrected chi connectivity index (χ2v) is 4.73. The molecule has 1 aromatic carbocycles. The number of hydrogen-bond donors (Lipinski definition) is 1. The van der Waals surface area contributed by atoms with Crippen molar-refractivity contribution in [1.29, 1.82) is 0 Å². The lowest BCUT2D eigenvalue weighted by atomic mass is 9.94. The second kappa shape index (κ2) is 7.27. The third-order valence-electron chi connectivity index (χ3n) is 3.29. The van der Waals surface area contributed by atoms with Crippen LogP contribution in [0.5, 0.6) is 11.5 Å². The van der Waals surface area contributed by atoms with Crippen LogP contribution in [0.25, 0.3) is 0 Å². The van der Waals surface area contributed by atoms with Crippen LogP contribution in [0.2, 0.25) is 0 Å². The summed E-state index contributed by atoms with van der Waals surface area (Å²) in [7, 11) is 3.24. The first kappa shape index (κ1) is 14.8. The van der Waals surface area contributed by atoms with Gasteiger partial charge >= 0.3 is 0 Å². The van der Waals surface area contributed by atoms with Crippen LogP contribution in [0, 0.1) is 5.92 Å². The lowest BCUT2D eigenvalue weighted by Gasteiger charge is -2.18. The van der Waals surface area contributed by atoms with Crippen LogP contribution in [0.15, 0.2) is 18.2 Å². The Morgan fingerprint density at radius 2 is 1.83 bits per heavy atom. The van der Waals surface area contributed by atoms with Gasteiger partial charge in [-0.25, -0.2) is 0 Å². The summed E-state index contributed by atoms with van der Waals surface area (Å²) in [5.74, 6) is 1.76. The fourth-order valence-corrected chi connectivity index (χ4v) is 2.10. The van der Waals surface area contributed by atoms with Crippen molar-refractivity contribution in [3.05, 3.63) is 23.8 Å². The minimum absolute atomic E-state index is 0.303. The normalized spacial score (nSPS) is 14.1. The van der Waals surface area contributed by atoms with Crippen LogP contribution in [0.1, 0.15) is 32.3 Å². The summed E-state index contributed by atoms with van der Waals surface area (Å²) in [6.45, 7) is 4.23. The van der Waals surface area contributed by atoms with Gasteiger partial charge in [0, 0.05) is 0 Å². The summed E-state index contributed by atoms with van der Waals surface area (Å²) < 4.78 is 10.5. The van der Waals surface area contributed by atoms with Gasteiger partial charge in [0.15, 0.2) is 11.5 Å². The van der Waals surface area contributed by atoms with Crippen molar-refractivity contribution in [2.45, 2.75) is 39.2 Å². The van der Waals surface area contributed by atoms with Gasteiger partial charge in [0.25, 0.3) is 0 Å². The van der Waals surface area contributed by atoms with Gasteiger partial charge in [0.05, 0.1) is 20.3 Å². The number of methoxy groups -OCH3 is 2. The van der Waals surface area contributed by atoms with Crippen LogP contribution in [0.3, 0.4) is 0 Å². The Labute approximate surface area is 110 Å². The SMILES string of the molecule is CCCC(C)C(O)Cc1ccc(OC)c(OC)c1. The predicted octanol–water partition coefficient (Wildman–Crippen LogP) is 3.04. The minimum atomic E-state index is -0.303. The zero-order valence-corrected chi connectivity index (χ0v) is 11.8. The Kier molecular flexibility index (Phi) is 5.99. The molecule has 0 aliphatic heterocycles. The van der Waals surface area contributed by atoms with Gasteiger partial charge in [-0.2, -0.15) is 0 Å². The lowest BCUT2D eigenvalue weighted by molar-refractivity contribution is 0.111. The molecule has 3 nitrogen and oxygen atoms in total. The largest absolute Gasteiger partial charge is 0.493 e. The van der Waals surface area contributed by atoms with E-state index in [2.05, 4.69) is 13.8 Å². The number of ether oxygens (including phenoxy) is 2. The molecule has 102 valence electrons. The van der Waals surface area contributed by atoms with E-state index in [4.69, 9.17) is 9.47 Å². The molecule has 0 heterocycles. The van der Waals surface area contributed by atoms with Crippen molar-refractivity contribution in [1.82, 2.24) is 0 Å². The maximum absolute atomic E-state index is 10.1. The van der Waals surface area contributed by atoms with Gasteiger partial charge in [-0.3, -0.25) is 0 Å². The molecule has 0 radical (unpaired) electrons. The summed E-state index contributed by atoms with van der Waals surface area (Å²) in [5, 5.41) is 10.1. The molecule has 0 amide bonds. The van der Waals surface area contributed by atoms with Crippen LogP contribution in [-0.2, 0) is 6.42 Å². The fourth-order valence-electron chi connectivity index (χ4n) is 2.10. The number of aliphatic hydroxyl groups excluding tert-OH is 1. The van der Waals surface area contributed by atoms with Crippen molar-refractivity contribution >= 4 is 0 Å². The highest BCUT2D eigenvalue weighted by molar-refractivity contribution is 5.43. The molecule has 3 heteroatoms. The van der Waals surface area contributed by atoms with Gasteiger partial charge in [-0.15, -0.1) is 0 Å². The predicted molar refractivity (Wildman–Crippen MR) is 73.3 cm³/mol. The van der Waals surface area contributed by atoms with Gasteiger partial charge in [-0.1, -0.05) is 26.3 Å². The molecule has 0 aliphatic carbocycles. The summed E-state index contributed by atoms with van der Waals surface area (Å²) >= 11 is 0. The van der Waals surface area contributed by atoms with Gasteiger partial charge in [0.2, 0.25) is 0 Å². The Bertz CT molecular complexity index is 363. The molecule has 0 fully saturated rings. The Balaban J connectivity index is 2.72. The van der Waals surface area contributed by atoms with E-state index >= 15 is 0 Å². The van der Waals surface area contributed by atoms with Crippen molar-refractivity contribution in [2.24, 2.45) is 5.92 Å². The third kappa shape index (κ3) is 3.91. The number of aliphatic hydroxyl groups is 1. The Hall–Kier alpha value is -1.22. The van der Waals surface area contributed by atoms with Gasteiger partial charge < -0.3 is 14.6 Å². The first-order valence-electron chi connectivity index (χ1n) is 6.51. The first-order valence-corrected chi connectivity index (χ1v) is 6.51. The minimum Gasteiger partial charge on any atom is -0.493 e. The van der Waals surface area contributed by atoms with E-state index in [0.29, 0.717) is 18.1 Å². The molecule has 1 rings (SSSR count). The zero-order valence-electron chi connectivity index (χ0n) is 11.8. The monoisotopic (exact) mass is 252 g/mol. The standard InChI is InChI=1S/C15H24O3/c1-5-6-11(2)13(16)9-12-7-8-14(17-3)15(10-12)18-4/h7-8,10-11,13,16H,5-6,9H2,1-4H3. The fraction of sp³-hybridized carbons (Fsp3) is 0.600. The lowest BCUT2D eigenvalue weighted by Crippen LogP contribution is -2.20. The molecule has 0 aliphatic rings. The van der Waals surface area contributed by atoms with E-state index in [-0.39, 0.29) is 6.10 Å². The van der Waals surface area contributed by atoms with Crippen molar-refractivity contribution in [2.75, 3.05) is 14.2 Å². The molecule has 0 bridgehead atoms. The molecular formula is C15H24O3. The van der Waals surface area contributed by atoms with Crippen molar-refractivity contribution in [3.63, 3.8) is 0 Å². The number of hydrogen-bond acceptors (Lipinski definition) is 3. The van der Waals surface area contributed by atoms with Crippen LogP contribution >= 0.6 is 0 Å². The molecule has 0 saturated carbocycles. The van der Waals surface area contributed by atoms with Gasteiger partial charge in [-0.05, 0) is 36.5 Å². The quantitative estimate of drug-likeness (QED) is 0.810. The summed E-state index contributed by atoms with van der Waals surface area (Å²) in [5.41, 5.74) is 1.07. The van der Waals surface area contributed by atoms with Crippen molar-refractivity contribution < 1.29 is 14.6 Å². The van der Waals surface area contributed by atoms with Crippen molar-refractivity contribution in [3.8, 4) is 11.5 Å². The smallest absolute Gasteiger partial charge is 0.160 e. The molecule has 1 aromatic rings. The molecule has 1 N–H and O–H groups in total. The van der Waals surface area contributed by atoms with Gasteiger partial charge in [0.1, 0.15) is 0 Å². The Morgan fingerprint density at radius 1 is 1.17 bits per heavy atom. The molecule has 0 saturated heterocycles. The van der Waals surface area contributed by atoms with E-state index in [1.807, 2.05) is 18.2 Å². The zero-order chi connectivity index (χ0) is 13.5. The van der Waals surface area contributed by atoms with E-state index in [1.165, 1.54) is 0 Å². The third-order valence-corrected chi connectivity index (χ3v) is 3.29. The second-order valence-electron chi connectivity index (χ2n) is 4.73. The molecule has 2 unspecified atom stereocenters. The average Bonchev–Trinajstić information content (AvgIpc) is 2.38. The topological polar surface area (TPSA) is 38.7 Å². The van der Waals surface area contributed by atoms with Crippen LogP contribution < -0.4 is 9.47 Å². The molecular weight excluding hydrogens is 228 g/mol. The highest BCUT2D eigenvalue weighted by Crippen LogP contribution is 2.28. The highest BCUT2D eigenvalue weighted by atomic mass is 16.5. The maximum Gasteiger partial charge on any atom is 0.160 e. The van der Waals surface area contributed by atoms with Crippen LogP contribution in [0.4, 0.5) is 0 Å². The van der Waals surface area contributed by atoms with E-state index in [9.17, 15) is 5.11 Å². The average molecular weight is 252 g/mol. The molecule has 0 aromatic heterocycles. The summed E-state index contributed by atoms with van der Waals surface area (Å²) in [4.78, 5) is 0. The highest BCUT2D eigenvalue weighted by Gasteiger charge is 2.15. The number of benzene rings is 1. The van der Waals surface area contributed by atoms with E-state index < -0.39 is 0 Å². The molecule has 18 heavy (non-hydrogen) atoms. The van der Waals surface area contributed by atoms with E-state index in [1.54, 1.807) is 14.2 Å². The summed E-state index contributed by atoms with van der Waals surface area (Å²) in [6.07, 6.45) is 2.50. The number of rotatable bonds is 7. The maximum atomic E-state index is 10.1. The first-order chi connectivity index (χ1) is 8.62. The summed E-state index contributed by atoms with van der Waals surface area (Å²) in [6, 6.07) is 5.79. The van der Waals surface area contributed by atoms with E-state index in [0.717, 1.165) is 24.2 Å². The molecule has 0 spiro atoms. The molecule has 2 atom stereocenters.